The first-order valence-corrected chi connectivity index (χ1v) is 7.60. The number of nitrogens with zero attached hydrogens (tertiary/aromatic N) is 2. The van der Waals surface area contributed by atoms with Gasteiger partial charge in [0.1, 0.15) is 6.61 Å². The number of hydrogen-bond donors (Lipinski definition) is 0. The maximum Gasteiger partial charge on any atom is 0.248 e. The number of ether oxygens (including phenoxy) is 1. The van der Waals surface area contributed by atoms with Crippen molar-refractivity contribution in [1.82, 2.24) is 9.80 Å². The van der Waals surface area contributed by atoms with Crippen LogP contribution in [-0.4, -0.2) is 61.1 Å². The molecule has 19 heavy (non-hydrogen) atoms. The number of carbonyl (C=O) groups is 1. The minimum absolute atomic E-state index is 0.126. The van der Waals surface area contributed by atoms with E-state index in [1.54, 1.807) is 0 Å². The van der Waals surface area contributed by atoms with Gasteiger partial charge in [-0.3, -0.25) is 9.69 Å². The van der Waals surface area contributed by atoms with Crippen molar-refractivity contribution in [3.05, 3.63) is 0 Å². The zero-order chi connectivity index (χ0) is 14.3. The highest BCUT2D eigenvalue weighted by Crippen LogP contribution is 2.08. The molecule has 1 heterocycles. The summed E-state index contributed by atoms with van der Waals surface area (Å²) in [7, 11) is 0. The van der Waals surface area contributed by atoms with E-state index < -0.39 is 0 Å². The Morgan fingerprint density at radius 1 is 1.11 bits per heavy atom. The molecule has 4 heteroatoms. The number of hydrogen-bond acceptors (Lipinski definition) is 3. The highest BCUT2D eigenvalue weighted by atomic mass is 16.5. The van der Waals surface area contributed by atoms with Gasteiger partial charge in [-0.05, 0) is 39.2 Å². The molecule has 0 atom stereocenters. The third-order valence-electron chi connectivity index (χ3n) is 3.52. The largest absolute Gasteiger partial charge is 0.369 e. The minimum Gasteiger partial charge on any atom is -0.369 e. The predicted molar refractivity (Wildman–Crippen MR) is 78.2 cm³/mol. The van der Waals surface area contributed by atoms with E-state index in [4.69, 9.17) is 4.74 Å². The SMILES string of the molecule is CC(C)CCCN1CCN(C(=O)COC(C)C)CC1. The lowest BCUT2D eigenvalue weighted by Gasteiger charge is -2.35. The lowest BCUT2D eigenvalue weighted by Crippen LogP contribution is -2.49. The van der Waals surface area contributed by atoms with Crippen LogP contribution in [0.5, 0.6) is 0 Å². The Morgan fingerprint density at radius 3 is 2.26 bits per heavy atom. The maximum absolute atomic E-state index is 11.9. The molecule has 0 saturated carbocycles. The van der Waals surface area contributed by atoms with Crippen LogP contribution < -0.4 is 0 Å². The van der Waals surface area contributed by atoms with Gasteiger partial charge in [0.2, 0.25) is 5.91 Å². The lowest BCUT2D eigenvalue weighted by atomic mass is 10.1. The fraction of sp³-hybridized carbons (Fsp3) is 0.933. The summed E-state index contributed by atoms with van der Waals surface area (Å²) in [4.78, 5) is 16.3. The first kappa shape index (κ1) is 16.4. The van der Waals surface area contributed by atoms with Crippen molar-refractivity contribution >= 4 is 5.91 Å². The molecule has 0 aliphatic carbocycles. The summed E-state index contributed by atoms with van der Waals surface area (Å²) in [5.41, 5.74) is 0. The highest BCUT2D eigenvalue weighted by molar-refractivity contribution is 5.77. The van der Waals surface area contributed by atoms with Gasteiger partial charge in [-0.15, -0.1) is 0 Å². The second kappa shape index (κ2) is 8.54. The van der Waals surface area contributed by atoms with Gasteiger partial charge in [0.25, 0.3) is 0 Å². The van der Waals surface area contributed by atoms with E-state index in [0.29, 0.717) is 0 Å². The van der Waals surface area contributed by atoms with Crippen LogP contribution in [0.1, 0.15) is 40.5 Å². The van der Waals surface area contributed by atoms with Gasteiger partial charge in [-0.2, -0.15) is 0 Å². The Kier molecular flexibility index (Phi) is 7.39. The van der Waals surface area contributed by atoms with Crippen LogP contribution in [0.2, 0.25) is 0 Å². The second-order valence-electron chi connectivity index (χ2n) is 6.12. The standard InChI is InChI=1S/C15H30N2O2/c1-13(2)6-5-7-16-8-10-17(11-9-16)15(18)12-19-14(3)4/h13-14H,5-12H2,1-4H3. The van der Waals surface area contributed by atoms with Gasteiger partial charge >= 0.3 is 0 Å². The number of carbonyl (C=O) groups excluding carboxylic acids is 1. The fourth-order valence-electron chi connectivity index (χ4n) is 2.27. The molecule has 1 rings (SSSR count). The Hall–Kier alpha value is -0.610. The van der Waals surface area contributed by atoms with Crippen LogP contribution >= 0.6 is 0 Å². The van der Waals surface area contributed by atoms with Gasteiger partial charge in [-0.25, -0.2) is 0 Å². The molecule has 0 N–H and O–H groups in total. The predicted octanol–water partition coefficient (Wildman–Crippen LogP) is 1.99. The summed E-state index contributed by atoms with van der Waals surface area (Å²) in [5, 5.41) is 0. The Bertz CT molecular complexity index is 259. The topological polar surface area (TPSA) is 32.8 Å². The molecule has 0 aromatic carbocycles. The molecule has 0 unspecified atom stereocenters. The van der Waals surface area contributed by atoms with Crippen molar-refractivity contribution in [3.63, 3.8) is 0 Å². The molecule has 112 valence electrons. The first-order chi connectivity index (χ1) is 8.99. The Labute approximate surface area is 118 Å². The normalized spacial score (nSPS) is 17.5. The van der Waals surface area contributed by atoms with Crippen LogP contribution in [-0.2, 0) is 9.53 Å². The van der Waals surface area contributed by atoms with E-state index in [0.717, 1.165) is 32.1 Å². The smallest absolute Gasteiger partial charge is 0.248 e. The molecule has 0 aromatic heterocycles. The molecular formula is C15H30N2O2. The Balaban J connectivity index is 2.15. The van der Waals surface area contributed by atoms with Gasteiger partial charge in [0, 0.05) is 26.2 Å². The van der Waals surface area contributed by atoms with Gasteiger partial charge in [0.15, 0.2) is 0 Å². The minimum atomic E-state index is 0.126. The van der Waals surface area contributed by atoms with Gasteiger partial charge < -0.3 is 9.64 Å². The zero-order valence-electron chi connectivity index (χ0n) is 13.0. The summed E-state index contributed by atoms with van der Waals surface area (Å²) in [5.74, 6) is 0.923. The zero-order valence-corrected chi connectivity index (χ0v) is 13.0. The third kappa shape index (κ3) is 6.92. The van der Waals surface area contributed by atoms with E-state index in [1.165, 1.54) is 19.4 Å². The molecule has 0 radical (unpaired) electrons. The molecule has 0 bridgehead atoms. The van der Waals surface area contributed by atoms with Crippen LogP contribution in [0.3, 0.4) is 0 Å². The molecule has 1 aliphatic rings. The highest BCUT2D eigenvalue weighted by Gasteiger charge is 2.20. The summed E-state index contributed by atoms with van der Waals surface area (Å²) >= 11 is 0. The van der Waals surface area contributed by atoms with Crippen molar-refractivity contribution in [2.75, 3.05) is 39.3 Å². The maximum atomic E-state index is 11.9. The molecule has 1 amide bonds. The average Bonchev–Trinajstić information content (AvgIpc) is 2.36. The van der Waals surface area contributed by atoms with Gasteiger partial charge in [0.05, 0.1) is 6.10 Å². The van der Waals surface area contributed by atoms with E-state index in [9.17, 15) is 4.79 Å². The second-order valence-corrected chi connectivity index (χ2v) is 6.12. The summed E-state index contributed by atoms with van der Waals surface area (Å²) in [6.07, 6.45) is 2.69. The van der Waals surface area contributed by atoms with Crippen LogP contribution in [0, 0.1) is 5.92 Å². The Morgan fingerprint density at radius 2 is 1.74 bits per heavy atom. The summed E-state index contributed by atoms with van der Waals surface area (Å²) < 4.78 is 5.37. The molecule has 1 fully saturated rings. The van der Waals surface area contributed by atoms with E-state index in [2.05, 4.69) is 18.7 Å². The third-order valence-corrected chi connectivity index (χ3v) is 3.52. The van der Waals surface area contributed by atoms with E-state index >= 15 is 0 Å². The monoisotopic (exact) mass is 270 g/mol. The molecule has 1 saturated heterocycles. The lowest BCUT2D eigenvalue weighted by molar-refractivity contribution is -0.139. The summed E-state index contributed by atoms with van der Waals surface area (Å²) in [6.45, 7) is 13.6. The quantitative estimate of drug-likeness (QED) is 0.709. The van der Waals surface area contributed by atoms with E-state index in [1.807, 2.05) is 18.7 Å². The average molecular weight is 270 g/mol. The van der Waals surface area contributed by atoms with Gasteiger partial charge in [-0.1, -0.05) is 13.8 Å². The summed E-state index contributed by atoms with van der Waals surface area (Å²) in [6, 6.07) is 0. The molecule has 4 nitrogen and oxygen atoms in total. The molecular weight excluding hydrogens is 240 g/mol. The van der Waals surface area contributed by atoms with Crippen molar-refractivity contribution in [2.24, 2.45) is 5.92 Å². The van der Waals surface area contributed by atoms with E-state index in [-0.39, 0.29) is 18.6 Å². The number of amides is 1. The molecule has 0 spiro atoms. The van der Waals surface area contributed by atoms with Crippen LogP contribution in [0.15, 0.2) is 0 Å². The molecule has 0 aromatic rings. The molecule has 1 aliphatic heterocycles. The van der Waals surface area contributed by atoms with Crippen molar-refractivity contribution in [3.8, 4) is 0 Å². The van der Waals surface area contributed by atoms with Crippen molar-refractivity contribution < 1.29 is 9.53 Å². The first-order valence-electron chi connectivity index (χ1n) is 7.60. The van der Waals surface area contributed by atoms with Crippen molar-refractivity contribution in [2.45, 2.75) is 46.6 Å². The fourth-order valence-corrected chi connectivity index (χ4v) is 2.27. The van der Waals surface area contributed by atoms with Crippen molar-refractivity contribution in [1.29, 1.82) is 0 Å². The van der Waals surface area contributed by atoms with Crippen LogP contribution in [0.25, 0.3) is 0 Å². The van der Waals surface area contributed by atoms with Crippen LogP contribution in [0.4, 0.5) is 0 Å². The number of rotatable bonds is 7. The number of piperazine rings is 1.